The number of methoxy groups -OCH3 is 1. The van der Waals surface area contributed by atoms with Crippen molar-refractivity contribution in [2.75, 3.05) is 7.11 Å². The van der Waals surface area contributed by atoms with Crippen LogP contribution in [0.1, 0.15) is 11.1 Å². The van der Waals surface area contributed by atoms with Crippen LogP contribution in [0.3, 0.4) is 0 Å². The highest BCUT2D eigenvalue weighted by atomic mass is 35.5. The van der Waals surface area contributed by atoms with Gasteiger partial charge in [-0.3, -0.25) is 0 Å². The fraction of sp³-hybridized carbons (Fsp3) is 0.200. The first kappa shape index (κ1) is 12.8. The third-order valence-corrected chi connectivity index (χ3v) is 2.92. The molecule has 0 N–H and O–H groups in total. The van der Waals surface area contributed by atoms with E-state index in [0.717, 1.165) is 22.8 Å². The summed E-state index contributed by atoms with van der Waals surface area (Å²) in [7, 11) is 1.63. The van der Waals surface area contributed by atoms with Crippen molar-refractivity contribution in [1.29, 1.82) is 0 Å². The van der Waals surface area contributed by atoms with Crippen LogP contribution in [-0.2, 0) is 5.88 Å². The van der Waals surface area contributed by atoms with E-state index in [1.807, 2.05) is 49.4 Å². The van der Waals surface area contributed by atoms with Crippen molar-refractivity contribution < 1.29 is 9.47 Å². The van der Waals surface area contributed by atoms with E-state index in [9.17, 15) is 0 Å². The predicted octanol–water partition coefficient (Wildman–Crippen LogP) is 4.53. The highest BCUT2D eigenvalue weighted by Crippen LogP contribution is 2.29. The Morgan fingerprint density at radius 1 is 1.06 bits per heavy atom. The molecule has 0 bridgehead atoms. The van der Waals surface area contributed by atoms with Crippen molar-refractivity contribution in [1.82, 2.24) is 0 Å². The van der Waals surface area contributed by atoms with Crippen LogP contribution < -0.4 is 9.47 Å². The Balaban J connectivity index is 2.27. The largest absolute Gasteiger partial charge is 0.497 e. The van der Waals surface area contributed by atoms with Crippen molar-refractivity contribution >= 4 is 11.6 Å². The summed E-state index contributed by atoms with van der Waals surface area (Å²) >= 11 is 5.92. The van der Waals surface area contributed by atoms with Crippen molar-refractivity contribution in [3.63, 3.8) is 0 Å². The first-order valence-corrected chi connectivity index (χ1v) is 6.24. The van der Waals surface area contributed by atoms with Gasteiger partial charge in [0.2, 0.25) is 0 Å². The molecule has 3 heteroatoms. The van der Waals surface area contributed by atoms with Crippen LogP contribution >= 0.6 is 11.6 Å². The monoisotopic (exact) mass is 262 g/mol. The Morgan fingerprint density at radius 3 is 2.56 bits per heavy atom. The fourth-order valence-corrected chi connectivity index (χ4v) is 1.91. The maximum Gasteiger partial charge on any atom is 0.131 e. The molecule has 0 aliphatic heterocycles. The summed E-state index contributed by atoms with van der Waals surface area (Å²) in [5.41, 5.74) is 2.16. The summed E-state index contributed by atoms with van der Waals surface area (Å²) in [6.45, 7) is 2.03. The molecule has 0 heterocycles. The van der Waals surface area contributed by atoms with E-state index in [2.05, 4.69) is 0 Å². The number of ether oxygens (including phenoxy) is 2. The van der Waals surface area contributed by atoms with Crippen molar-refractivity contribution in [2.45, 2.75) is 12.8 Å². The molecule has 0 saturated heterocycles. The number of alkyl halides is 1. The first-order valence-electron chi connectivity index (χ1n) is 5.70. The van der Waals surface area contributed by atoms with Gasteiger partial charge in [0.15, 0.2) is 0 Å². The highest BCUT2D eigenvalue weighted by molar-refractivity contribution is 6.17. The van der Waals surface area contributed by atoms with Gasteiger partial charge in [0.25, 0.3) is 0 Å². The van der Waals surface area contributed by atoms with Gasteiger partial charge in [0.1, 0.15) is 17.2 Å². The van der Waals surface area contributed by atoms with E-state index in [-0.39, 0.29) is 0 Å². The minimum atomic E-state index is 0.432. The van der Waals surface area contributed by atoms with Gasteiger partial charge in [-0.05, 0) is 25.1 Å². The number of aryl methyl sites for hydroxylation is 1. The van der Waals surface area contributed by atoms with E-state index < -0.39 is 0 Å². The van der Waals surface area contributed by atoms with Gasteiger partial charge in [-0.1, -0.05) is 23.8 Å². The van der Waals surface area contributed by atoms with Crippen LogP contribution in [0.5, 0.6) is 17.2 Å². The summed E-state index contributed by atoms with van der Waals surface area (Å²) in [6.07, 6.45) is 0. The normalized spacial score (nSPS) is 10.2. The quantitative estimate of drug-likeness (QED) is 0.754. The van der Waals surface area contributed by atoms with Crippen LogP contribution in [0.25, 0.3) is 0 Å². The molecule has 0 saturated carbocycles. The van der Waals surface area contributed by atoms with Crippen LogP contribution in [0.4, 0.5) is 0 Å². The number of rotatable bonds is 4. The van der Waals surface area contributed by atoms with E-state index >= 15 is 0 Å². The topological polar surface area (TPSA) is 18.5 Å². The number of hydrogen-bond acceptors (Lipinski definition) is 2. The smallest absolute Gasteiger partial charge is 0.131 e. The third-order valence-electron chi connectivity index (χ3n) is 2.63. The zero-order valence-corrected chi connectivity index (χ0v) is 11.2. The van der Waals surface area contributed by atoms with Crippen LogP contribution in [-0.4, -0.2) is 7.11 Å². The highest BCUT2D eigenvalue weighted by Gasteiger charge is 2.05. The summed E-state index contributed by atoms with van der Waals surface area (Å²) in [5.74, 6) is 2.72. The van der Waals surface area contributed by atoms with Crippen molar-refractivity contribution in [3.05, 3.63) is 53.6 Å². The lowest BCUT2D eigenvalue weighted by molar-refractivity contribution is 0.408. The average molecular weight is 263 g/mol. The van der Waals surface area contributed by atoms with E-state index in [1.165, 1.54) is 5.56 Å². The van der Waals surface area contributed by atoms with Crippen LogP contribution in [0.15, 0.2) is 42.5 Å². The van der Waals surface area contributed by atoms with Crippen LogP contribution in [0, 0.1) is 6.92 Å². The summed E-state index contributed by atoms with van der Waals surface area (Å²) < 4.78 is 11.0. The van der Waals surface area contributed by atoms with E-state index in [0.29, 0.717) is 5.88 Å². The number of hydrogen-bond donors (Lipinski definition) is 0. The molecule has 18 heavy (non-hydrogen) atoms. The lowest BCUT2D eigenvalue weighted by Gasteiger charge is -2.11. The Labute approximate surface area is 112 Å². The van der Waals surface area contributed by atoms with Gasteiger partial charge >= 0.3 is 0 Å². The molecule has 0 fully saturated rings. The standard InChI is InChI=1S/C15H15ClO2/c1-11-6-7-15(12(8-11)10-16)18-14-5-3-4-13(9-14)17-2/h3-9H,10H2,1-2H3. The van der Waals surface area contributed by atoms with E-state index in [1.54, 1.807) is 7.11 Å². The number of halogens is 1. The van der Waals surface area contributed by atoms with Gasteiger partial charge < -0.3 is 9.47 Å². The van der Waals surface area contributed by atoms with Crippen molar-refractivity contribution in [2.24, 2.45) is 0 Å². The van der Waals surface area contributed by atoms with Gasteiger partial charge in [0, 0.05) is 11.6 Å². The van der Waals surface area contributed by atoms with Gasteiger partial charge in [-0.25, -0.2) is 0 Å². The minimum absolute atomic E-state index is 0.432. The molecule has 0 radical (unpaired) electrons. The fourth-order valence-electron chi connectivity index (χ4n) is 1.70. The maximum absolute atomic E-state index is 5.92. The molecule has 94 valence electrons. The first-order chi connectivity index (χ1) is 8.72. The molecular weight excluding hydrogens is 248 g/mol. The molecule has 2 rings (SSSR count). The van der Waals surface area contributed by atoms with Gasteiger partial charge in [0.05, 0.1) is 13.0 Å². The molecule has 2 nitrogen and oxygen atoms in total. The molecule has 0 spiro atoms. The summed E-state index contributed by atoms with van der Waals surface area (Å²) in [6, 6.07) is 13.5. The third kappa shape index (κ3) is 2.96. The average Bonchev–Trinajstić information content (AvgIpc) is 2.41. The Bertz CT molecular complexity index is 538. The predicted molar refractivity (Wildman–Crippen MR) is 73.8 cm³/mol. The Kier molecular flexibility index (Phi) is 4.11. The second-order valence-electron chi connectivity index (χ2n) is 4.03. The minimum Gasteiger partial charge on any atom is -0.497 e. The second-order valence-corrected chi connectivity index (χ2v) is 4.29. The zero-order chi connectivity index (χ0) is 13.0. The SMILES string of the molecule is COc1cccc(Oc2ccc(C)cc2CCl)c1. The Hall–Kier alpha value is -1.67. The van der Waals surface area contributed by atoms with Crippen molar-refractivity contribution in [3.8, 4) is 17.2 Å². The Morgan fingerprint density at radius 2 is 1.83 bits per heavy atom. The molecule has 0 amide bonds. The van der Waals surface area contributed by atoms with Crippen LogP contribution in [0.2, 0.25) is 0 Å². The molecule has 0 aliphatic rings. The second kappa shape index (κ2) is 5.78. The molecule has 0 aromatic heterocycles. The lowest BCUT2D eigenvalue weighted by atomic mass is 10.1. The molecule has 2 aromatic rings. The molecular formula is C15H15ClO2. The van der Waals surface area contributed by atoms with E-state index in [4.69, 9.17) is 21.1 Å². The van der Waals surface area contributed by atoms with Gasteiger partial charge in [-0.2, -0.15) is 0 Å². The molecule has 2 aromatic carbocycles. The lowest BCUT2D eigenvalue weighted by Crippen LogP contribution is -1.91. The summed E-state index contributed by atoms with van der Waals surface area (Å²) in [5, 5.41) is 0. The zero-order valence-electron chi connectivity index (χ0n) is 10.4. The van der Waals surface area contributed by atoms with Gasteiger partial charge in [-0.15, -0.1) is 11.6 Å². The molecule has 0 unspecified atom stereocenters. The maximum atomic E-state index is 5.92. The summed E-state index contributed by atoms with van der Waals surface area (Å²) in [4.78, 5) is 0. The molecule has 0 atom stereocenters. The molecule has 0 aliphatic carbocycles. The number of benzene rings is 2.